The standard InChI is InChI=1S/C12H11BrClN/c1-8-2-5-12(15-7-8)10-6-9(13)3-4-11(10)14/h2-6,15H,7H2,1H3. The minimum absolute atomic E-state index is 0.768. The molecular weight excluding hydrogens is 273 g/mol. The maximum absolute atomic E-state index is 6.14. The lowest BCUT2D eigenvalue weighted by molar-refractivity contribution is 0.941. The first-order valence-electron chi connectivity index (χ1n) is 4.73. The molecule has 1 aliphatic heterocycles. The topological polar surface area (TPSA) is 12.0 Å². The van der Waals surface area contributed by atoms with E-state index in [2.05, 4.69) is 40.3 Å². The summed E-state index contributed by atoms with van der Waals surface area (Å²) in [5, 5.41) is 4.11. The van der Waals surface area contributed by atoms with Crippen molar-refractivity contribution in [2.24, 2.45) is 0 Å². The van der Waals surface area contributed by atoms with Crippen LogP contribution in [0.3, 0.4) is 0 Å². The molecule has 0 saturated carbocycles. The van der Waals surface area contributed by atoms with Gasteiger partial charge in [0, 0.05) is 27.3 Å². The molecule has 1 aromatic carbocycles. The molecule has 3 heteroatoms. The number of benzene rings is 1. The molecule has 0 saturated heterocycles. The number of allylic oxidation sites excluding steroid dienone is 2. The lowest BCUT2D eigenvalue weighted by Crippen LogP contribution is -2.17. The molecule has 78 valence electrons. The van der Waals surface area contributed by atoms with Crippen LogP contribution in [0, 0.1) is 0 Å². The molecule has 1 nitrogen and oxygen atoms in total. The van der Waals surface area contributed by atoms with Gasteiger partial charge in [0.15, 0.2) is 0 Å². The fraction of sp³-hybridized carbons (Fsp3) is 0.167. The van der Waals surface area contributed by atoms with E-state index < -0.39 is 0 Å². The molecule has 0 spiro atoms. The lowest BCUT2D eigenvalue weighted by Gasteiger charge is -2.16. The summed E-state index contributed by atoms with van der Waals surface area (Å²) >= 11 is 9.59. The third kappa shape index (κ3) is 2.44. The van der Waals surface area contributed by atoms with Gasteiger partial charge in [0.25, 0.3) is 0 Å². The Hall–Kier alpha value is -0.730. The van der Waals surface area contributed by atoms with Gasteiger partial charge in [-0.15, -0.1) is 0 Å². The van der Waals surface area contributed by atoms with E-state index in [1.165, 1.54) is 5.57 Å². The molecule has 0 radical (unpaired) electrons. The van der Waals surface area contributed by atoms with Gasteiger partial charge in [-0.05, 0) is 31.2 Å². The van der Waals surface area contributed by atoms with Crippen LogP contribution in [0.4, 0.5) is 0 Å². The number of hydrogen-bond donors (Lipinski definition) is 1. The van der Waals surface area contributed by atoms with Gasteiger partial charge in [-0.25, -0.2) is 0 Å². The Labute approximate surface area is 103 Å². The second kappa shape index (κ2) is 4.42. The molecule has 1 aliphatic rings. The van der Waals surface area contributed by atoms with Gasteiger partial charge in [-0.2, -0.15) is 0 Å². The van der Waals surface area contributed by atoms with Crippen LogP contribution in [0.5, 0.6) is 0 Å². The minimum atomic E-state index is 0.768. The largest absolute Gasteiger partial charge is 0.381 e. The number of rotatable bonds is 1. The van der Waals surface area contributed by atoms with Gasteiger partial charge in [-0.1, -0.05) is 39.2 Å². The highest BCUT2D eigenvalue weighted by molar-refractivity contribution is 9.10. The Morgan fingerprint density at radius 2 is 2.13 bits per heavy atom. The quantitative estimate of drug-likeness (QED) is 0.822. The van der Waals surface area contributed by atoms with E-state index in [4.69, 9.17) is 11.6 Å². The number of halogens is 2. The zero-order chi connectivity index (χ0) is 10.8. The van der Waals surface area contributed by atoms with E-state index >= 15 is 0 Å². The fourth-order valence-corrected chi connectivity index (χ4v) is 2.05. The van der Waals surface area contributed by atoms with Crippen LogP contribution in [0.15, 0.2) is 40.4 Å². The highest BCUT2D eigenvalue weighted by Gasteiger charge is 2.08. The summed E-state index contributed by atoms with van der Waals surface area (Å²) in [5.41, 5.74) is 3.44. The summed E-state index contributed by atoms with van der Waals surface area (Å²) in [6.45, 7) is 2.98. The van der Waals surface area contributed by atoms with Gasteiger partial charge in [0.2, 0.25) is 0 Å². The summed E-state index contributed by atoms with van der Waals surface area (Å²) in [6, 6.07) is 5.86. The SMILES string of the molecule is CC1=CC=C(c2cc(Br)ccc2Cl)NC1. The Bertz CT molecular complexity index is 449. The molecule has 1 N–H and O–H groups in total. The summed E-state index contributed by atoms with van der Waals surface area (Å²) in [7, 11) is 0. The zero-order valence-electron chi connectivity index (χ0n) is 8.35. The van der Waals surface area contributed by atoms with Crippen molar-refractivity contribution in [3.8, 4) is 0 Å². The molecule has 15 heavy (non-hydrogen) atoms. The summed E-state index contributed by atoms with van der Waals surface area (Å²) < 4.78 is 1.04. The van der Waals surface area contributed by atoms with E-state index in [1.807, 2.05) is 18.2 Å². The van der Waals surface area contributed by atoms with Crippen LogP contribution >= 0.6 is 27.5 Å². The van der Waals surface area contributed by atoms with Crippen LogP contribution in [-0.4, -0.2) is 6.54 Å². The van der Waals surface area contributed by atoms with Crippen molar-refractivity contribution in [1.29, 1.82) is 0 Å². The first-order valence-corrected chi connectivity index (χ1v) is 5.90. The van der Waals surface area contributed by atoms with E-state index in [-0.39, 0.29) is 0 Å². The number of dihydropyridines is 1. The van der Waals surface area contributed by atoms with Crippen LogP contribution in [0.25, 0.3) is 5.70 Å². The van der Waals surface area contributed by atoms with Crippen molar-refractivity contribution in [1.82, 2.24) is 5.32 Å². The third-order valence-electron chi connectivity index (χ3n) is 2.31. The van der Waals surface area contributed by atoms with Gasteiger partial charge in [0.05, 0.1) is 0 Å². The summed E-state index contributed by atoms with van der Waals surface area (Å²) in [5.74, 6) is 0. The van der Waals surface area contributed by atoms with Crippen molar-refractivity contribution in [3.63, 3.8) is 0 Å². The van der Waals surface area contributed by atoms with Gasteiger partial charge < -0.3 is 5.32 Å². The Balaban J connectivity index is 2.42. The van der Waals surface area contributed by atoms with Crippen molar-refractivity contribution in [2.75, 3.05) is 6.54 Å². The van der Waals surface area contributed by atoms with Gasteiger partial charge in [-0.3, -0.25) is 0 Å². The highest BCUT2D eigenvalue weighted by atomic mass is 79.9. The normalized spacial score (nSPS) is 15.4. The van der Waals surface area contributed by atoms with Crippen LogP contribution in [-0.2, 0) is 0 Å². The van der Waals surface area contributed by atoms with Crippen LogP contribution in [0.1, 0.15) is 12.5 Å². The average molecular weight is 285 g/mol. The third-order valence-corrected chi connectivity index (χ3v) is 3.13. The smallest absolute Gasteiger partial charge is 0.0499 e. The Morgan fingerprint density at radius 1 is 1.33 bits per heavy atom. The molecule has 1 aromatic rings. The van der Waals surface area contributed by atoms with Gasteiger partial charge >= 0.3 is 0 Å². The second-order valence-electron chi connectivity index (χ2n) is 3.57. The van der Waals surface area contributed by atoms with Crippen molar-refractivity contribution < 1.29 is 0 Å². The molecular formula is C12H11BrClN. The molecule has 0 aliphatic carbocycles. The predicted molar refractivity (Wildman–Crippen MR) is 68.9 cm³/mol. The highest BCUT2D eigenvalue weighted by Crippen LogP contribution is 2.27. The number of nitrogens with one attached hydrogen (secondary N) is 1. The summed E-state index contributed by atoms with van der Waals surface area (Å²) in [6.07, 6.45) is 4.18. The predicted octanol–water partition coefficient (Wildman–Crippen LogP) is 3.99. The lowest BCUT2D eigenvalue weighted by atomic mass is 10.1. The molecule has 0 fully saturated rings. The second-order valence-corrected chi connectivity index (χ2v) is 4.89. The fourth-order valence-electron chi connectivity index (χ4n) is 1.47. The first-order chi connectivity index (χ1) is 7.16. The van der Waals surface area contributed by atoms with E-state index in [1.54, 1.807) is 0 Å². The van der Waals surface area contributed by atoms with E-state index in [9.17, 15) is 0 Å². The Kier molecular flexibility index (Phi) is 3.17. The minimum Gasteiger partial charge on any atom is -0.381 e. The van der Waals surface area contributed by atoms with Crippen molar-refractivity contribution in [3.05, 3.63) is 51.0 Å². The van der Waals surface area contributed by atoms with E-state index in [0.29, 0.717) is 0 Å². The molecule has 2 rings (SSSR count). The molecule has 1 heterocycles. The number of hydrogen-bond acceptors (Lipinski definition) is 1. The molecule has 0 bridgehead atoms. The van der Waals surface area contributed by atoms with E-state index in [0.717, 1.165) is 27.3 Å². The van der Waals surface area contributed by atoms with Crippen molar-refractivity contribution >= 4 is 33.2 Å². The molecule has 0 unspecified atom stereocenters. The van der Waals surface area contributed by atoms with Crippen LogP contribution < -0.4 is 5.32 Å². The van der Waals surface area contributed by atoms with Gasteiger partial charge in [0.1, 0.15) is 0 Å². The Morgan fingerprint density at radius 3 is 2.80 bits per heavy atom. The molecule has 0 amide bonds. The average Bonchev–Trinajstić information content (AvgIpc) is 2.23. The maximum Gasteiger partial charge on any atom is 0.0499 e. The van der Waals surface area contributed by atoms with Crippen LogP contribution in [0.2, 0.25) is 5.02 Å². The first kappa shape index (κ1) is 10.8. The van der Waals surface area contributed by atoms with Crippen molar-refractivity contribution in [2.45, 2.75) is 6.92 Å². The molecule has 0 aromatic heterocycles. The maximum atomic E-state index is 6.14. The monoisotopic (exact) mass is 283 g/mol. The summed E-state index contributed by atoms with van der Waals surface area (Å²) in [4.78, 5) is 0. The molecule has 0 atom stereocenters. The zero-order valence-corrected chi connectivity index (χ0v) is 10.7.